The number of rotatable bonds is 15. The molecule has 0 N–H and O–H groups in total. The van der Waals surface area contributed by atoms with Crippen molar-refractivity contribution >= 4 is 11.6 Å². The van der Waals surface area contributed by atoms with Crippen LogP contribution in [0.15, 0.2) is 0 Å². The Balaban J connectivity index is 1.93. The Kier molecular flexibility index (Phi) is 12.8. The Morgan fingerprint density at radius 2 is 1.25 bits per heavy atom. The third-order valence-corrected chi connectivity index (χ3v) is 5.24. The molecule has 0 aromatic heterocycles. The van der Waals surface area contributed by atoms with E-state index in [9.17, 15) is 9.59 Å². The standard InChI is InChI=1S/C22H42N2O4/c1-5-20(25)8-6-16-27-18-14-23-10-12-24(13-11-23)15-19-28-17-7-9-21(26)22(2,3)4/h5-19H2,1-4H3. The Morgan fingerprint density at radius 3 is 1.68 bits per heavy atom. The van der Waals surface area contributed by atoms with Crippen LogP contribution in [0.1, 0.15) is 59.8 Å². The SMILES string of the molecule is CCC(=O)CCCOCCN1CCN(CCOCCCC(=O)C(C)(C)C)CC1. The van der Waals surface area contributed by atoms with Crippen molar-refractivity contribution in [3.05, 3.63) is 0 Å². The summed E-state index contributed by atoms with van der Waals surface area (Å²) in [6, 6.07) is 0. The van der Waals surface area contributed by atoms with E-state index < -0.39 is 0 Å². The summed E-state index contributed by atoms with van der Waals surface area (Å²) in [4.78, 5) is 27.9. The van der Waals surface area contributed by atoms with Gasteiger partial charge in [-0.15, -0.1) is 0 Å². The summed E-state index contributed by atoms with van der Waals surface area (Å²) < 4.78 is 11.3. The van der Waals surface area contributed by atoms with E-state index >= 15 is 0 Å². The van der Waals surface area contributed by atoms with Crippen LogP contribution in [0, 0.1) is 5.41 Å². The number of carbonyl (C=O) groups excluding carboxylic acids is 2. The Morgan fingerprint density at radius 1 is 0.786 bits per heavy atom. The van der Waals surface area contributed by atoms with Crippen molar-refractivity contribution in [1.82, 2.24) is 9.80 Å². The molecule has 0 radical (unpaired) electrons. The molecule has 0 aliphatic carbocycles. The van der Waals surface area contributed by atoms with E-state index in [0.29, 0.717) is 44.0 Å². The van der Waals surface area contributed by atoms with E-state index in [1.807, 2.05) is 27.7 Å². The fourth-order valence-electron chi connectivity index (χ4n) is 3.09. The average Bonchev–Trinajstić information content (AvgIpc) is 2.67. The van der Waals surface area contributed by atoms with Gasteiger partial charge in [0.2, 0.25) is 0 Å². The topological polar surface area (TPSA) is 59.1 Å². The highest BCUT2D eigenvalue weighted by Gasteiger charge is 2.20. The third kappa shape index (κ3) is 11.9. The molecule has 0 aromatic rings. The zero-order valence-electron chi connectivity index (χ0n) is 18.6. The first kappa shape index (κ1) is 25.2. The van der Waals surface area contributed by atoms with Crippen molar-refractivity contribution < 1.29 is 19.1 Å². The first-order valence-corrected chi connectivity index (χ1v) is 11.0. The number of Topliss-reactive ketones (excluding diaryl/α,β-unsaturated/α-hetero) is 2. The second kappa shape index (κ2) is 14.2. The number of hydrogen-bond donors (Lipinski definition) is 0. The van der Waals surface area contributed by atoms with Gasteiger partial charge < -0.3 is 9.47 Å². The van der Waals surface area contributed by atoms with Gasteiger partial charge in [-0.25, -0.2) is 0 Å². The van der Waals surface area contributed by atoms with Crippen LogP contribution >= 0.6 is 0 Å². The summed E-state index contributed by atoms with van der Waals surface area (Å²) in [5.74, 6) is 0.632. The summed E-state index contributed by atoms with van der Waals surface area (Å²) in [6.45, 7) is 16.9. The third-order valence-electron chi connectivity index (χ3n) is 5.24. The fourth-order valence-corrected chi connectivity index (χ4v) is 3.09. The molecule has 1 heterocycles. The van der Waals surface area contributed by atoms with E-state index in [-0.39, 0.29) is 5.41 Å². The van der Waals surface area contributed by atoms with Crippen LogP contribution in [-0.4, -0.2) is 87.1 Å². The van der Waals surface area contributed by atoms with Crippen LogP contribution in [0.2, 0.25) is 0 Å². The molecule has 0 atom stereocenters. The minimum Gasteiger partial charge on any atom is -0.380 e. The molecule has 0 bridgehead atoms. The molecule has 1 aliphatic rings. The molecule has 0 amide bonds. The largest absolute Gasteiger partial charge is 0.380 e. The quantitative estimate of drug-likeness (QED) is 0.395. The highest BCUT2D eigenvalue weighted by atomic mass is 16.5. The Hall–Kier alpha value is -0.820. The first-order valence-electron chi connectivity index (χ1n) is 11.0. The van der Waals surface area contributed by atoms with Gasteiger partial charge in [0, 0.05) is 77.2 Å². The Labute approximate surface area is 171 Å². The van der Waals surface area contributed by atoms with Crippen LogP contribution in [-0.2, 0) is 19.1 Å². The normalized spacial score (nSPS) is 16.4. The molecule has 164 valence electrons. The van der Waals surface area contributed by atoms with Gasteiger partial charge in [-0.1, -0.05) is 27.7 Å². The van der Waals surface area contributed by atoms with E-state index in [1.54, 1.807) is 0 Å². The number of ketones is 2. The van der Waals surface area contributed by atoms with Crippen molar-refractivity contribution in [2.75, 3.05) is 65.7 Å². The van der Waals surface area contributed by atoms with Crippen molar-refractivity contribution in [3.63, 3.8) is 0 Å². The summed E-state index contributed by atoms with van der Waals surface area (Å²) in [6.07, 6.45) is 3.54. The number of piperazine rings is 1. The molecular weight excluding hydrogens is 356 g/mol. The van der Waals surface area contributed by atoms with Gasteiger partial charge in [-0.05, 0) is 12.8 Å². The van der Waals surface area contributed by atoms with Crippen molar-refractivity contribution in [1.29, 1.82) is 0 Å². The van der Waals surface area contributed by atoms with Crippen LogP contribution in [0.3, 0.4) is 0 Å². The Bertz CT molecular complexity index is 440. The van der Waals surface area contributed by atoms with Gasteiger partial charge in [0.15, 0.2) is 0 Å². The summed E-state index contributed by atoms with van der Waals surface area (Å²) in [7, 11) is 0. The van der Waals surface area contributed by atoms with Gasteiger partial charge in [0.1, 0.15) is 11.6 Å². The first-order chi connectivity index (χ1) is 13.3. The molecule has 1 aliphatic heterocycles. The van der Waals surface area contributed by atoms with Crippen molar-refractivity contribution in [2.45, 2.75) is 59.8 Å². The lowest BCUT2D eigenvalue weighted by Crippen LogP contribution is -2.48. The molecule has 6 heteroatoms. The monoisotopic (exact) mass is 398 g/mol. The van der Waals surface area contributed by atoms with Gasteiger partial charge in [-0.3, -0.25) is 19.4 Å². The zero-order valence-corrected chi connectivity index (χ0v) is 18.6. The van der Waals surface area contributed by atoms with E-state index in [0.717, 1.165) is 65.3 Å². The molecule has 28 heavy (non-hydrogen) atoms. The highest BCUT2D eigenvalue weighted by molar-refractivity contribution is 5.83. The maximum absolute atomic E-state index is 11.9. The van der Waals surface area contributed by atoms with Crippen molar-refractivity contribution in [3.8, 4) is 0 Å². The molecule has 0 unspecified atom stereocenters. The number of nitrogens with zero attached hydrogens (tertiary/aromatic N) is 2. The van der Waals surface area contributed by atoms with Gasteiger partial charge in [0.25, 0.3) is 0 Å². The summed E-state index contributed by atoms with van der Waals surface area (Å²) in [5.41, 5.74) is -0.237. The molecule has 1 rings (SSSR count). The van der Waals surface area contributed by atoms with Crippen LogP contribution in [0.25, 0.3) is 0 Å². The minimum absolute atomic E-state index is 0.237. The predicted molar refractivity (Wildman–Crippen MR) is 113 cm³/mol. The van der Waals surface area contributed by atoms with Gasteiger partial charge >= 0.3 is 0 Å². The lowest BCUT2D eigenvalue weighted by Gasteiger charge is -2.34. The average molecular weight is 399 g/mol. The zero-order chi connectivity index (χ0) is 20.8. The van der Waals surface area contributed by atoms with Crippen LogP contribution in [0.4, 0.5) is 0 Å². The second-order valence-corrected chi connectivity index (χ2v) is 8.68. The van der Waals surface area contributed by atoms with Gasteiger partial charge in [0.05, 0.1) is 13.2 Å². The highest BCUT2D eigenvalue weighted by Crippen LogP contribution is 2.17. The molecular formula is C22H42N2O4. The molecule has 0 aromatic carbocycles. The second-order valence-electron chi connectivity index (χ2n) is 8.68. The molecule has 0 saturated carbocycles. The predicted octanol–water partition coefficient (Wildman–Crippen LogP) is 2.79. The van der Waals surface area contributed by atoms with Gasteiger partial charge in [-0.2, -0.15) is 0 Å². The molecule has 1 fully saturated rings. The number of ether oxygens (including phenoxy) is 2. The summed E-state index contributed by atoms with van der Waals surface area (Å²) in [5, 5.41) is 0. The molecule has 1 saturated heterocycles. The van der Waals surface area contributed by atoms with E-state index in [4.69, 9.17) is 9.47 Å². The molecule has 6 nitrogen and oxygen atoms in total. The lowest BCUT2D eigenvalue weighted by molar-refractivity contribution is -0.126. The fraction of sp³-hybridized carbons (Fsp3) is 0.909. The van der Waals surface area contributed by atoms with Crippen molar-refractivity contribution in [2.24, 2.45) is 5.41 Å². The number of hydrogen-bond acceptors (Lipinski definition) is 6. The van der Waals surface area contributed by atoms with E-state index in [2.05, 4.69) is 9.80 Å². The van der Waals surface area contributed by atoms with Crippen LogP contribution < -0.4 is 0 Å². The summed E-state index contributed by atoms with van der Waals surface area (Å²) >= 11 is 0. The van der Waals surface area contributed by atoms with E-state index in [1.165, 1.54) is 0 Å². The maximum atomic E-state index is 11.9. The van der Waals surface area contributed by atoms with Crippen LogP contribution in [0.5, 0.6) is 0 Å². The maximum Gasteiger partial charge on any atom is 0.138 e. The molecule has 0 spiro atoms. The number of carbonyl (C=O) groups is 2. The minimum atomic E-state index is -0.237. The lowest BCUT2D eigenvalue weighted by atomic mass is 9.88. The smallest absolute Gasteiger partial charge is 0.138 e.